The van der Waals surface area contributed by atoms with Crippen LogP contribution in [0.1, 0.15) is 51.9 Å². The van der Waals surface area contributed by atoms with E-state index in [-0.39, 0.29) is 29.1 Å². The zero-order chi connectivity index (χ0) is 14.3. The Bertz CT molecular complexity index is 393. The van der Waals surface area contributed by atoms with Gasteiger partial charge in [0.15, 0.2) is 0 Å². The molecule has 0 aromatic carbocycles. The van der Waals surface area contributed by atoms with Crippen LogP contribution in [0.2, 0.25) is 0 Å². The Kier molecular flexibility index (Phi) is 3.87. The molecule has 0 aromatic heterocycles. The smallest absolute Gasteiger partial charge is 0.233 e. The number of carbonyl (C=O) groups is 2. The summed E-state index contributed by atoms with van der Waals surface area (Å²) in [6.45, 7) is 2.77. The van der Waals surface area contributed by atoms with E-state index in [2.05, 4.69) is 19.6 Å². The summed E-state index contributed by atoms with van der Waals surface area (Å²) in [6, 6.07) is 0. The van der Waals surface area contributed by atoms with E-state index in [4.69, 9.17) is 0 Å². The number of nitrogens with zero attached hydrogens (tertiary/aromatic N) is 1. The molecule has 20 heavy (non-hydrogen) atoms. The van der Waals surface area contributed by atoms with E-state index in [1.807, 2.05) is 0 Å². The molecule has 2 amide bonds. The highest BCUT2D eigenvalue weighted by atomic mass is 32.1. The quantitative estimate of drug-likeness (QED) is 0.642. The molecule has 2 unspecified atom stereocenters. The second-order valence-corrected chi connectivity index (χ2v) is 7.59. The average Bonchev–Trinajstić information content (AvgIpc) is 2.94. The zero-order valence-corrected chi connectivity index (χ0v) is 13.2. The predicted molar refractivity (Wildman–Crippen MR) is 81.5 cm³/mol. The highest BCUT2D eigenvalue weighted by Gasteiger charge is 2.53. The van der Waals surface area contributed by atoms with Crippen molar-refractivity contribution in [2.75, 3.05) is 12.3 Å². The third kappa shape index (κ3) is 2.30. The van der Waals surface area contributed by atoms with E-state index >= 15 is 0 Å². The summed E-state index contributed by atoms with van der Waals surface area (Å²) in [6.07, 6.45) is 7.72. The molecule has 0 N–H and O–H groups in total. The van der Waals surface area contributed by atoms with E-state index in [9.17, 15) is 9.59 Å². The summed E-state index contributed by atoms with van der Waals surface area (Å²) in [4.78, 5) is 26.7. The van der Waals surface area contributed by atoms with Crippen LogP contribution in [0, 0.1) is 23.2 Å². The van der Waals surface area contributed by atoms with Crippen molar-refractivity contribution < 1.29 is 9.59 Å². The molecule has 0 aromatic rings. The van der Waals surface area contributed by atoms with E-state index < -0.39 is 0 Å². The number of rotatable bonds is 3. The molecule has 2 saturated carbocycles. The maximum absolute atomic E-state index is 12.6. The third-order valence-corrected chi connectivity index (χ3v) is 6.38. The molecule has 1 saturated heterocycles. The molecule has 112 valence electrons. The molecule has 0 radical (unpaired) electrons. The summed E-state index contributed by atoms with van der Waals surface area (Å²) in [7, 11) is 0. The Hall–Kier alpha value is -0.510. The molecule has 0 spiro atoms. The molecule has 1 heterocycles. The van der Waals surface area contributed by atoms with Gasteiger partial charge in [-0.25, -0.2) is 0 Å². The van der Waals surface area contributed by atoms with E-state index in [0.29, 0.717) is 12.5 Å². The van der Waals surface area contributed by atoms with Crippen LogP contribution in [0.5, 0.6) is 0 Å². The van der Waals surface area contributed by atoms with Gasteiger partial charge in [-0.05, 0) is 42.8 Å². The van der Waals surface area contributed by atoms with Crippen LogP contribution in [0.3, 0.4) is 0 Å². The number of fused-ring (bicyclic) bond motifs is 1. The van der Waals surface area contributed by atoms with Crippen molar-refractivity contribution in [3.8, 4) is 0 Å². The lowest BCUT2D eigenvalue weighted by molar-refractivity contribution is -0.142. The van der Waals surface area contributed by atoms with E-state index in [1.54, 1.807) is 4.90 Å². The second-order valence-electron chi connectivity index (χ2n) is 7.27. The minimum atomic E-state index is -0.0157. The van der Waals surface area contributed by atoms with Gasteiger partial charge < -0.3 is 0 Å². The highest BCUT2D eigenvalue weighted by Crippen LogP contribution is 2.45. The lowest BCUT2D eigenvalue weighted by atomic mass is 9.75. The standard InChI is InChI=1S/C16H25NO2S/c1-11-7-12-13(8-11)15(19)17(14(12)18)9-16(10-20)5-3-2-4-6-16/h11-13,20H,2-10H2,1H3. The molecule has 3 fully saturated rings. The second kappa shape index (κ2) is 5.36. The Labute approximate surface area is 126 Å². The van der Waals surface area contributed by atoms with Crippen LogP contribution in [-0.4, -0.2) is 29.0 Å². The molecule has 3 aliphatic rings. The molecular formula is C16H25NO2S. The summed E-state index contributed by atoms with van der Waals surface area (Å²) in [5.41, 5.74) is 0.0803. The monoisotopic (exact) mass is 295 g/mol. The van der Waals surface area contributed by atoms with Crippen LogP contribution < -0.4 is 0 Å². The fourth-order valence-electron chi connectivity index (χ4n) is 4.51. The Morgan fingerprint density at radius 3 is 2.15 bits per heavy atom. The summed E-state index contributed by atoms with van der Waals surface area (Å²) < 4.78 is 0. The van der Waals surface area contributed by atoms with Crippen molar-refractivity contribution in [3.05, 3.63) is 0 Å². The molecule has 2 aliphatic carbocycles. The first kappa shape index (κ1) is 14.4. The molecule has 1 aliphatic heterocycles. The molecular weight excluding hydrogens is 270 g/mol. The highest BCUT2D eigenvalue weighted by molar-refractivity contribution is 7.80. The fourth-order valence-corrected chi connectivity index (χ4v) is 4.92. The third-order valence-electron chi connectivity index (χ3n) is 5.71. The van der Waals surface area contributed by atoms with E-state index in [1.165, 1.54) is 19.3 Å². The average molecular weight is 295 g/mol. The minimum absolute atomic E-state index is 0.0157. The largest absolute Gasteiger partial charge is 0.282 e. The lowest BCUT2D eigenvalue weighted by Crippen LogP contribution is -2.44. The number of hydrogen-bond donors (Lipinski definition) is 1. The minimum Gasteiger partial charge on any atom is -0.282 e. The van der Waals surface area contributed by atoms with Gasteiger partial charge in [0, 0.05) is 6.54 Å². The molecule has 3 rings (SSSR count). The normalized spacial score (nSPS) is 36.5. The number of imide groups is 1. The van der Waals surface area contributed by atoms with Gasteiger partial charge in [-0.2, -0.15) is 12.6 Å². The van der Waals surface area contributed by atoms with Crippen LogP contribution in [0.15, 0.2) is 0 Å². The van der Waals surface area contributed by atoms with Gasteiger partial charge in [0.05, 0.1) is 11.8 Å². The van der Waals surface area contributed by atoms with E-state index in [0.717, 1.165) is 31.4 Å². The maximum Gasteiger partial charge on any atom is 0.233 e. The van der Waals surface area contributed by atoms with Crippen molar-refractivity contribution in [1.29, 1.82) is 0 Å². The molecule has 3 nitrogen and oxygen atoms in total. The number of hydrogen-bond acceptors (Lipinski definition) is 3. The lowest BCUT2D eigenvalue weighted by Gasteiger charge is -2.38. The first-order chi connectivity index (χ1) is 9.56. The topological polar surface area (TPSA) is 37.4 Å². The number of carbonyl (C=O) groups excluding carboxylic acids is 2. The van der Waals surface area contributed by atoms with Crippen molar-refractivity contribution in [2.45, 2.75) is 51.9 Å². The van der Waals surface area contributed by atoms with Crippen LogP contribution in [-0.2, 0) is 9.59 Å². The predicted octanol–water partition coefficient (Wildman–Crippen LogP) is 2.90. The van der Waals surface area contributed by atoms with Gasteiger partial charge in [-0.3, -0.25) is 14.5 Å². The first-order valence-electron chi connectivity index (χ1n) is 8.02. The van der Waals surface area contributed by atoms with Crippen LogP contribution >= 0.6 is 12.6 Å². The van der Waals surface area contributed by atoms with Crippen LogP contribution in [0.25, 0.3) is 0 Å². The summed E-state index contributed by atoms with van der Waals surface area (Å²) in [5, 5.41) is 0. The number of amides is 2. The molecule has 0 bridgehead atoms. The van der Waals surface area contributed by atoms with Crippen molar-refractivity contribution >= 4 is 24.4 Å². The Balaban J connectivity index is 1.75. The Morgan fingerprint density at radius 1 is 1.10 bits per heavy atom. The van der Waals surface area contributed by atoms with Crippen molar-refractivity contribution in [2.24, 2.45) is 23.2 Å². The van der Waals surface area contributed by atoms with Gasteiger partial charge in [-0.15, -0.1) is 0 Å². The fraction of sp³-hybridized carbons (Fsp3) is 0.875. The summed E-state index contributed by atoms with van der Waals surface area (Å²) in [5.74, 6) is 1.49. The zero-order valence-electron chi connectivity index (χ0n) is 12.3. The SMILES string of the molecule is CC1CC2C(=O)N(CC3(CS)CCCCC3)C(=O)C2C1. The van der Waals surface area contributed by atoms with Crippen molar-refractivity contribution in [3.63, 3.8) is 0 Å². The van der Waals surface area contributed by atoms with Gasteiger partial charge in [0.25, 0.3) is 0 Å². The van der Waals surface area contributed by atoms with Crippen molar-refractivity contribution in [1.82, 2.24) is 4.90 Å². The molecule has 2 atom stereocenters. The number of likely N-dealkylation sites (tertiary alicyclic amines) is 1. The van der Waals surface area contributed by atoms with Gasteiger partial charge >= 0.3 is 0 Å². The van der Waals surface area contributed by atoms with Gasteiger partial charge in [-0.1, -0.05) is 26.2 Å². The Morgan fingerprint density at radius 2 is 1.65 bits per heavy atom. The van der Waals surface area contributed by atoms with Gasteiger partial charge in [0.2, 0.25) is 11.8 Å². The number of thiol groups is 1. The van der Waals surface area contributed by atoms with Gasteiger partial charge in [0.1, 0.15) is 0 Å². The maximum atomic E-state index is 12.6. The first-order valence-corrected chi connectivity index (χ1v) is 8.66. The van der Waals surface area contributed by atoms with Crippen LogP contribution in [0.4, 0.5) is 0 Å². The molecule has 4 heteroatoms. The summed E-state index contributed by atoms with van der Waals surface area (Å²) >= 11 is 4.53.